The highest BCUT2D eigenvalue weighted by molar-refractivity contribution is 7.92. The van der Waals surface area contributed by atoms with Gasteiger partial charge < -0.3 is 5.32 Å². The Labute approximate surface area is 128 Å². The lowest BCUT2D eigenvalue weighted by atomic mass is 10.1. The highest BCUT2D eigenvalue weighted by Gasteiger charge is 2.09. The quantitative estimate of drug-likeness (QED) is 0.909. The van der Waals surface area contributed by atoms with E-state index in [4.69, 9.17) is 0 Å². The van der Waals surface area contributed by atoms with E-state index in [0.717, 1.165) is 6.26 Å². The third-order valence-electron chi connectivity index (χ3n) is 2.86. The number of carbonyl (C=O) groups excluding carboxylic acids is 1. The molecule has 0 spiro atoms. The zero-order valence-corrected chi connectivity index (χ0v) is 12.9. The summed E-state index contributed by atoms with van der Waals surface area (Å²) >= 11 is 0. The van der Waals surface area contributed by atoms with E-state index < -0.39 is 21.7 Å². The first kappa shape index (κ1) is 16.0. The number of aryl methyl sites for hydroxylation is 1. The molecule has 0 aliphatic carbocycles. The molecule has 0 aromatic heterocycles. The largest absolute Gasteiger partial charge is 0.322 e. The summed E-state index contributed by atoms with van der Waals surface area (Å²) in [5.74, 6) is -0.870. The molecule has 0 atom stereocenters. The fraction of sp³-hybridized carbons (Fsp3) is 0.133. The van der Waals surface area contributed by atoms with E-state index in [-0.39, 0.29) is 11.3 Å². The van der Waals surface area contributed by atoms with Gasteiger partial charge in [0.15, 0.2) is 0 Å². The Kier molecular flexibility index (Phi) is 4.46. The monoisotopic (exact) mass is 322 g/mol. The summed E-state index contributed by atoms with van der Waals surface area (Å²) in [4.78, 5) is 12.1. The molecule has 0 unspecified atom stereocenters. The first-order valence-corrected chi connectivity index (χ1v) is 8.29. The predicted octanol–water partition coefficient (Wildman–Crippen LogP) is 2.76. The fourth-order valence-electron chi connectivity index (χ4n) is 1.81. The molecule has 0 aliphatic rings. The molecule has 0 radical (unpaired) electrons. The highest BCUT2D eigenvalue weighted by atomic mass is 32.2. The van der Waals surface area contributed by atoms with Crippen molar-refractivity contribution in [2.24, 2.45) is 0 Å². The number of rotatable bonds is 4. The van der Waals surface area contributed by atoms with Gasteiger partial charge in [-0.15, -0.1) is 0 Å². The first-order valence-electron chi connectivity index (χ1n) is 6.40. The number of anilines is 2. The summed E-state index contributed by atoms with van der Waals surface area (Å²) < 4.78 is 38.1. The summed E-state index contributed by atoms with van der Waals surface area (Å²) in [6, 6.07) is 10.4. The molecule has 0 saturated carbocycles. The van der Waals surface area contributed by atoms with Gasteiger partial charge in [0.05, 0.1) is 6.26 Å². The van der Waals surface area contributed by atoms with Crippen LogP contribution in [0, 0.1) is 12.7 Å². The van der Waals surface area contributed by atoms with E-state index in [2.05, 4.69) is 10.0 Å². The number of halogens is 1. The van der Waals surface area contributed by atoms with Crippen LogP contribution in [0.5, 0.6) is 0 Å². The van der Waals surface area contributed by atoms with Gasteiger partial charge in [-0.3, -0.25) is 9.52 Å². The molecular weight excluding hydrogens is 307 g/mol. The first-order chi connectivity index (χ1) is 10.2. The third kappa shape index (κ3) is 4.29. The molecule has 2 aromatic carbocycles. The van der Waals surface area contributed by atoms with Crippen LogP contribution in [0.3, 0.4) is 0 Å². The van der Waals surface area contributed by atoms with Crippen LogP contribution in [0.15, 0.2) is 42.5 Å². The Morgan fingerprint density at radius 2 is 1.82 bits per heavy atom. The van der Waals surface area contributed by atoms with Crippen molar-refractivity contribution in [3.05, 3.63) is 59.4 Å². The average molecular weight is 322 g/mol. The van der Waals surface area contributed by atoms with Crippen molar-refractivity contribution in [1.82, 2.24) is 0 Å². The Morgan fingerprint density at radius 1 is 1.09 bits per heavy atom. The van der Waals surface area contributed by atoms with Gasteiger partial charge >= 0.3 is 0 Å². The molecule has 0 heterocycles. The Balaban J connectivity index is 2.19. The maximum atomic E-state index is 13.5. The zero-order chi connectivity index (χ0) is 16.3. The number of sulfonamides is 1. The van der Waals surface area contributed by atoms with E-state index >= 15 is 0 Å². The van der Waals surface area contributed by atoms with E-state index in [1.54, 1.807) is 25.1 Å². The molecular formula is C15H15FN2O3S. The normalized spacial score (nSPS) is 11.0. The fourth-order valence-corrected chi connectivity index (χ4v) is 2.37. The molecule has 0 bridgehead atoms. The smallest absolute Gasteiger partial charge is 0.255 e. The van der Waals surface area contributed by atoms with Gasteiger partial charge in [0.2, 0.25) is 10.0 Å². The summed E-state index contributed by atoms with van der Waals surface area (Å²) in [7, 11) is -3.42. The average Bonchev–Trinajstić information content (AvgIpc) is 2.41. The lowest BCUT2D eigenvalue weighted by Gasteiger charge is -2.08. The van der Waals surface area contributed by atoms with Crippen LogP contribution < -0.4 is 10.0 Å². The van der Waals surface area contributed by atoms with Crippen molar-refractivity contribution in [2.75, 3.05) is 16.3 Å². The molecule has 0 fully saturated rings. The van der Waals surface area contributed by atoms with E-state index in [9.17, 15) is 17.6 Å². The number of carbonyl (C=O) groups is 1. The molecule has 2 rings (SSSR count). The Morgan fingerprint density at radius 3 is 2.45 bits per heavy atom. The molecule has 7 heteroatoms. The number of nitrogens with one attached hydrogen (secondary N) is 2. The lowest BCUT2D eigenvalue weighted by molar-refractivity contribution is 0.102. The minimum atomic E-state index is -3.42. The van der Waals surface area contributed by atoms with Crippen LogP contribution in [-0.4, -0.2) is 20.6 Å². The van der Waals surface area contributed by atoms with Gasteiger partial charge in [-0.25, -0.2) is 12.8 Å². The minimum absolute atomic E-state index is 0.259. The van der Waals surface area contributed by atoms with Crippen molar-refractivity contribution in [1.29, 1.82) is 0 Å². The van der Waals surface area contributed by atoms with Crippen LogP contribution in [0.4, 0.5) is 15.8 Å². The minimum Gasteiger partial charge on any atom is -0.322 e. The summed E-state index contributed by atoms with van der Waals surface area (Å²) in [6.45, 7) is 1.63. The van der Waals surface area contributed by atoms with Crippen LogP contribution in [0.1, 0.15) is 15.9 Å². The number of hydrogen-bond acceptors (Lipinski definition) is 3. The molecule has 5 nitrogen and oxygen atoms in total. The summed E-state index contributed by atoms with van der Waals surface area (Å²) in [5.41, 5.74) is 1.35. The molecule has 2 N–H and O–H groups in total. The van der Waals surface area contributed by atoms with Crippen molar-refractivity contribution >= 4 is 27.3 Å². The van der Waals surface area contributed by atoms with Crippen LogP contribution in [-0.2, 0) is 10.0 Å². The number of amides is 1. The summed E-state index contributed by atoms with van der Waals surface area (Å²) in [5, 5.41) is 2.56. The summed E-state index contributed by atoms with van der Waals surface area (Å²) in [6.07, 6.45) is 1.02. The third-order valence-corrected chi connectivity index (χ3v) is 3.46. The van der Waals surface area contributed by atoms with Gasteiger partial charge in [-0.2, -0.15) is 0 Å². The van der Waals surface area contributed by atoms with Crippen LogP contribution >= 0.6 is 0 Å². The molecule has 0 saturated heterocycles. The van der Waals surface area contributed by atoms with Gasteiger partial charge in [0.1, 0.15) is 5.82 Å². The molecule has 22 heavy (non-hydrogen) atoms. The van der Waals surface area contributed by atoms with Crippen LogP contribution in [0.25, 0.3) is 0 Å². The van der Waals surface area contributed by atoms with Crippen molar-refractivity contribution < 1.29 is 17.6 Å². The van der Waals surface area contributed by atoms with Gasteiger partial charge in [0, 0.05) is 16.9 Å². The highest BCUT2D eigenvalue weighted by Crippen LogP contribution is 2.16. The number of benzene rings is 2. The Bertz CT molecular complexity index is 819. The predicted molar refractivity (Wildman–Crippen MR) is 84.0 cm³/mol. The van der Waals surface area contributed by atoms with Crippen molar-refractivity contribution in [2.45, 2.75) is 6.92 Å². The Hall–Kier alpha value is -2.41. The van der Waals surface area contributed by atoms with Gasteiger partial charge in [-0.05, 0) is 42.8 Å². The molecule has 116 valence electrons. The second kappa shape index (κ2) is 6.15. The van der Waals surface area contributed by atoms with E-state index in [1.165, 1.54) is 24.3 Å². The second-order valence-corrected chi connectivity index (χ2v) is 6.62. The van der Waals surface area contributed by atoms with Crippen LogP contribution in [0.2, 0.25) is 0 Å². The van der Waals surface area contributed by atoms with E-state index in [1.807, 2.05) is 0 Å². The standard InChI is InChI=1S/C15H15FN2O3S/c1-10-6-7-12(9-14(10)16)17-15(19)11-4-3-5-13(8-11)18-22(2,20)21/h3-9,18H,1-2H3,(H,17,19). The molecule has 1 amide bonds. The van der Waals surface area contributed by atoms with Crippen molar-refractivity contribution in [3.8, 4) is 0 Å². The zero-order valence-electron chi connectivity index (χ0n) is 12.1. The number of hydrogen-bond donors (Lipinski definition) is 2. The maximum absolute atomic E-state index is 13.5. The molecule has 0 aliphatic heterocycles. The SMILES string of the molecule is Cc1ccc(NC(=O)c2cccc(NS(C)(=O)=O)c2)cc1F. The van der Waals surface area contributed by atoms with Gasteiger partial charge in [-0.1, -0.05) is 12.1 Å². The van der Waals surface area contributed by atoms with Crippen molar-refractivity contribution in [3.63, 3.8) is 0 Å². The van der Waals surface area contributed by atoms with Gasteiger partial charge in [0.25, 0.3) is 5.91 Å². The maximum Gasteiger partial charge on any atom is 0.255 e. The molecule has 2 aromatic rings. The lowest BCUT2D eigenvalue weighted by Crippen LogP contribution is -2.14. The van der Waals surface area contributed by atoms with E-state index in [0.29, 0.717) is 11.3 Å². The second-order valence-electron chi connectivity index (χ2n) is 4.87. The topological polar surface area (TPSA) is 75.3 Å².